The zero-order chi connectivity index (χ0) is 11.7. The molecule has 1 atom stereocenters. The zero-order valence-electron chi connectivity index (χ0n) is 9.54. The van der Waals surface area contributed by atoms with Gasteiger partial charge in [0.15, 0.2) is 0 Å². The Bertz CT molecular complexity index is 206. The average molecular weight is 217 g/mol. The lowest BCUT2D eigenvalue weighted by Gasteiger charge is -2.11. The van der Waals surface area contributed by atoms with Crippen LogP contribution in [0.1, 0.15) is 26.7 Å². The quantitative estimate of drug-likeness (QED) is 0.496. The van der Waals surface area contributed by atoms with Crippen LogP contribution < -0.4 is 5.32 Å². The second-order valence-electron chi connectivity index (χ2n) is 3.11. The first-order valence-corrected chi connectivity index (χ1v) is 5.08. The summed E-state index contributed by atoms with van der Waals surface area (Å²) >= 11 is 0. The lowest BCUT2D eigenvalue weighted by Crippen LogP contribution is -2.36. The van der Waals surface area contributed by atoms with Gasteiger partial charge in [-0.2, -0.15) is 0 Å². The first-order chi connectivity index (χ1) is 7.11. The van der Waals surface area contributed by atoms with Gasteiger partial charge in [0.1, 0.15) is 6.04 Å². The van der Waals surface area contributed by atoms with E-state index in [2.05, 4.69) is 10.1 Å². The summed E-state index contributed by atoms with van der Waals surface area (Å²) in [5, 5.41) is 2.96. The summed E-state index contributed by atoms with van der Waals surface area (Å²) in [5.74, 6) is -0.504. The van der Waals surface area contributed by atoms with Gasteiger partial charge in [-0.05, 0) is 26.8 Å². The molecule has 0 saturated carbocycles. The number of esters is 2. The van der Waals surface area contributed by atoms with Crippen LogP contribution in [0.5, 0.6) is 0 Å². The number of hydrogen-bond acceptors (Lipinski definition) is 5. The number of nitrogens with one attached hydrogen (secondary N) is 1. The van der Waals surface area contributed by atoms with E-state index in [0.717, 1.165) is 0 Å². The summed E-state index contributed by atoms with van der Waals surface area (Å²) < 4.78 is 9.29. The van der Waals surface area contributed by atoms with E-state index in [0.29, 0.717) is 26.0 Å². The number of ether oxygens (including phenoxy) is 2. The topological polar surface area (TPSA) is 64.6 Å². The molecule has 0 fully saturated rings. The van der Waals surface area contributed by atoms with Gasteiger partial charge in [-0.1, -0.05) is 0 Å². The fraction of sp³-hybridized carbons (Fsp3) is 0.800. The highest BCUT2D eigenvalue weighted by molar-refractivity contribution is 5.75. The monoisotopic (exact) mass is 217 g/mol. The maximum Gasteiger partial charge on any atom is 0.322 e. The predicted octanol–water partition coefficient (Wildman–Crippen LogP) is 0.481. The lowest BCUT2D eigenvalue weighted by atomic mass is 10.3. The van der Waals surface area contributed by atoms with Crippen LogP contribution in [-0.2, 0) is 19.1 Å². The third kappa shape index (κ3) is 6.90. The van der Waals surface area contributed by atoms with Gasteiger partial charge < -0.3 is 14.8 Å². The van der Waals surface area contributed by atoms with Crippen molar-refractivity contribution < 1.29 is 19.1 Å². The van der Waals surface area contributed by atoms with Crippen molar-refractivity contribution in [3.8, 4) is 0 Å². The summed E-state index contributed by atoms with van der Waals surface area (Å²) in [5.41, 5.74) is 0. The maximum absolute atomic E-state index is 11.2. The standard InChI is InChI=1S/C10H19NO4/c1-4-15-10(13)8(2)11-7-5-6-9(12)14-3/h8,11H,4-7H2,1-3H3. The molecule has 15 heavy (non-hydrogen) atoms. The van der Waals surface area contributed by atoms with Gasteiger partial charge in [-0.15, -0.1) is 0 Å². The summed E-state index contributed by atoms with van der Waals surface area (Å²) in [6.45, 7) is 4.47. The molecule has 0 heterocycles. The maximum atomic E-state index is 11.2. The van der Waals surface area contributed by atoms with Crippen LogP contribution in [0, 0.1) is 0 Å². The van der Waals surface area contributed by atoms with Crippen molar-refractivity contribution >= 4 is 11.9 Å². The van der Waals surface area contributed by atoms with Crippen molar-refractivity contribution in [3.63, 3.8) is 0 Å². The van der Waals surface area contributed by atoms with E-state index in [9.17, 15) is 9.59 Å². The molecule has 1 N–H and O–H groups in total. The Kier molecular flexibility index (Phi) is 7.62. The van der Waals surface area contributed by atoms with E-state index in [1.165, 1.54) is 7.11 Å². The SMILES string of the molecule is CCOC(=O)C(C)NCCCC(=O)OC. The highest BCUT2D eigenvalue weighted by Gasteiger charge is 2.12. The summed E-state index contributed by atoms with van der Waals surface area (Å²) in [7, 11) is 1.36. The molecule has 0 aromatic carbocycles. The fourth-order valence-corrected chi connectivity index (χ4v) is 1.00. The molecule has 1 unspecified atom stereocenters. The molecular weight excluding hydrogens is 198 g/mol. The predicted molar refractivity (Wildman–Crippen MR) is 55.3 cm³/mol. The first kappa shape index (κ1) is 13.9. The number of carbonyl (C=O) groups excluding carboxylic acids is 2. The smallest absolute Gasteiger partial charge is 0.322 e. The van der Waals surface area contributed by atoms with Crippen LogP contribution in [0.4, 0.5) is 0 Å². The second-order valence-corrected chi connectivity index (χ2v) is 3.11. The molecule has 5 nitrogen and oxygen atoms in total. The van der Waals surface area contributed by atoms with Crippen molar-refractivity contribution in [2.24, 2.45) is 0 Å². The number of rotatable bonds is 7. The van der Waals surface area contributed by atoms with Crippen molar-refractivity contribution in [3.05, 3.63) is 0 Å². The molecule has 0 saturated heterocycles. The van der Waals surface area contributed by atoms with Crippen molar-refractivity contribution in [2.45, 2.75) is 32.7 Å². The molecule has 0 rings (SSSR count). The number of carbonyl (C=O) groups is 2. The molecule has 0 radical (unpaired) electrons. The Hall–Kier alpha value is -1.10. The molecule has 0 amide bonds. The van der Waals surface area contributed by atoms with Crippen LogP contribution in [0.25, 0.3) is 0 Å². The zero-order valence-corrected chi connectivity index (χ0v) is 9.54. The van der Waals surface area contributed by atoms with Gasteiger partial charge in [0, 0.05) is 6.42 Å². The lowest BCUT2D eigenvalue weighted by molar-refractivity contribution is -0.145. The van der Waals surface area contributed by atoms with Gasteiger partial charge >= 0.3 is 11.9 Å². The van der Waals surface area contributed by atoms with Crippen LogP contribution >= 0.6 is 0 Å². The molecular formula is C10H19NO4. The number of methoxy groups -OCH3 is 1. The molecule has 0 aromatic heterocycles. The van der Waals surface area contributed by atoms with E-state index in [1.54, 1.807) is 13.8 Å². The third-order valence-corrected chi connectivity index (χ3v) is 1.88. The van der Waals surface area contributed by atoms with E-state index < -0.39 is 0 Å². The molecule has 5 heteroatoms. The minimum absolute atomic E-state index is 0.236. The van der Waals surface area contributed by atoms with Crippen molar-refractivity contribution in [1.82, 2.24) is 5.32 Å². The normalized spacial score (nSPS) is 11.9. The van der Waals surface area contributed by atoms with E-state index in [-0.39, 0.29) is 18.0 Å². The van der Waals surface area contributed by atoms with Crippen molar-refractivity contribution in [2.75, 3.05) is 20.3 Å². The molecule has 0 aliphatic rings. The Labute approximate surface area is 90.1 Å². The highest BCUT2D eigenvalue weighted by atomic mass is 16.5. The Morgan fingerprint density at radius 1 is 1.40 bits per heavy atom. The highest BCUT2D eigenvalue weighted by Crippen LogP contribution is 1.92. The minimum Gasteiger partial charge on any atom is -0.469 e. The average Bonchev–Trinajstić information content (AvgIpc) is 2.23. The summed E-state index contributed by atoms with van der Waals surface area (Å²) in [6.07, 6.45) is 1.01. The van der Waals surface area contributed by atoms with Gasteiger partial charge in [0.2, 0.25) is 0 Å². The fourth-order valence-electron chi connectivity index (χ4n) is 1.00. The van der Waals surface area contributed by atoms with Gasteiger partial charge in [0.25, 0.3) is 0 Å². The second kappa shape index (κ2) is 8.23. The largest absolute Gasteiger partial charge is 0.469 e. The van der Waals surface area contributed by atoms with Crippen LogP contribution in [-0.4, -0.2) is 38.2 Å². The Morgan fingerprint density at radius 3 is 2.60 bits per heavy atom. The molecule has 0 aliphatic carbocycles. The van der Waals surface area contributed by atoms with Crippen molar-refractivity contribution in [1.29, 1.82) is 0 Å². The Morgan fingerprint density at radius 2 is 2.07 bits per heavy atom. The van der Waals surface area contributed by atoms with Crippen LogP contribution in [0.15, 0.2) is 0 Å². The van der Waals surface area contributed by atoms with Gasteiger partial charge in [-0.25, -0.2) is 0 Å². The van der Waals surface area contributed by atoms with E-state index >= 15 is 0 Å². The number of hydrogen-bond donors (Lipinski definition) is 1. The van der Waals surface area contributed by atoms with E-state index in [1.807, 2.05) is 0 Å². The summed E-state index contributed by atoms with van der Waals surface area (Å²) in [4.78, 5) is 21.9. The minimum atomic E-state index is -0.331. The molecule has 0 aliphatic heterocycles. The van der Waals surface area contributed by atoms with Gasteiger partial charge in [0.05, 0.1) is 13.7 Å². The van der Waals surface area contributed by atoms with E-state index in [4.69, 9.17) is 4.74 Å². The molecule has 0 spiro atoms. The third-order valence-electron chi connectivity index (χ3n) is 1.88. The van der Waals surface area contributed by atoms with Gasteiger partial charge in [-0.3, -0.25) is 9.59 Å². The first-order valence-electron chi connectivity index (χ1n) is 5.08. The molecule has 0 bridgehead atoms. The molecule has 88 valence electrons. The van der Waals surface area contributed by atoms with Crippen LogP contribution in [0.3, 0.4) is 0 Å². The van der Waals surface area contributed by atoms with Crippen LogP contribution in [0.2, 0.25) is 0 Å². The molecule has 0 aromatic rings. The summed E-state index contributed by atoms with van der Waals surface area (Å²) in [6, 6.07) is -0.331. The Balaban J connectivity index is 3.50.